The summed E-state index contributed by atoms with van der Waals surface area (Å²) in [6, 6.07) is 15.1. The van der Waals surface area contributed by atoms with Gasteiger partial charge < -0.3 is 19.9 Å². The molecule has 0 saturated carbocycles. The van der Waals surface area contributed by atoms with Crippen molar-refractivity contribution in [2.24, 2.45) is 0 Å². The van der Waals surface area contributed by atoms with Crippen LogP contribution in [0.3, 0.4) is 0 Å². The van der Waals surface area contributed by atoms with Crippen molar-refractivity contribution in [3.63, 3.8) is 0 Å². The Morgan fingerprint density at radius 3 is 2.21 bits per heavy atom. The molecule has 5 rings (SSSR count). The molecule has 2 aromatic carbocycles. The SMILES string of the molecule is O=C(Nc1ccc(C(=O)N2CC3(CCCO3)C2)cc1)N1Cc2ccccc2C1. The lowest BCUT2D eigenvalue weighted by Crippen LogP contribution is -2.63. The van der Waals surface area contributed by atoms with Crippen LogP contribution in [-0.4, -0.2) is 47.0 Å². The molecule has 2 saturated heterocycles. The fourth-order valence-electron chi connectivity index (χ4n) is 4.36. The average molecular weight is 377 g/mol. The van der Waals surface area contributed by atoms with E-state index in [2.05, 4.69) is 17.4 Å². The molecular weight excluding hydrogens is 354 g/mol. The van der Waals surface area contributed by atoms with Crippen molar-refractivity contribution in [2.45, 2.75) is 31.5 Å². The zero-order valence-electron chi connectivity index (χ0n) is 15.7. The van der Waals surface area contributed by atoms with E-state index in [9.17, 15) is 9.59 Å². The van der Waals surface area contributed by atoms with E-state index in [1.807, 2.05) is 17.0 Å². The number of nitrogens with zero attached hydrogens (tertiary/aromatic N) is 2. The number of anilines is 1. The lowest BCUT2D eigenvalue weighted by Gasteiger charge is -2.47. The minimum atomic E-state index is -0.127. The number of benzene rings is 2. The summed E-state index contributed by atoms with van der Waals surface area (Å²) < 4.78 is 5.78. The van der Waals surface area contributed by atoms with Crippen molar-refractivity contribution >= 4 is 17.6 Å². The maximum absolute atomic E-state index is 12.6. The lowest BCUT2D eigenvalue weighted by molar-refractivity contribution is -0.0949. The van der Waals surface area contributed by atoms with Crippen LogP contribution in [-0.2, 0) is 17.8 Å². The van der Waals surface area contributed by atoms with Crippen molar-refractivity contribution in [2.75, 3.05) is 25.0 Å². The van der Waals surface area contributed by atoms with E-state index in [-0.39, 0.29) is 17.5 Å². The molecule has 6 nitrogen and oxygen atoms in total. The van der Waals surface area contributed by atoms with E-state index < -0.39 is 0 Å². The number of ether oxygens (including phenoxy) is 1. The Hall–Kier alpha value is -2.86. The van der Waals surface area contributed by atoms with Crippen LogP contribution < -0.4 is 5.32 Å². The molecule has 0 aromatic heterocycles. The van der Waals surface area contributed by atoms with Crippen LogP contribution in [0.15, 0.2) is 48.5 Å². The second-order valence-corrected chi connectivity index (χ2v) is 7.93. The molecule has 28 heavy (non-hydrogen) atoms. The number of hydrogen-bond donors (Lipinski definition) is 1. The molecule has 2 aromatic rings. The normalized spacial score (nSPS) is 19.4. The van der Waals surface area contributed by atoms with E-state index in [1.165, 1.54) is 11.1 Å². The molecule has 3 heterocycles. The first-order valence-electron chi connectivity index (χ1n) is 9.78. The summed E-state index contributed by atoms with van der Waals surface area (Å²) in [4.78, 5) is 28.8. The van der Waals surface area contributed by atoms with Gasteiger partial charge in [0.25, 0.3) is 5.91 Å². The van der Waals surface area contributed by atoms with Crippen molar-refractivity contribution in [1.82, 2.24) is 9.80 Å². The maximum Gasteiger partial charge on any atom is 0.322 e. The fraction of sp³-hybridized carbons (Fsp3) is 0.364. The Morgan fingerprint density at radius 2 is 1.61 bits per heavy atom. The summed E-state index contributed by atoms with van der Waals surface area (Å²) in [5.41, 5.74) is 3.63. The van der Waals surface area contributed by atoms with Gasteiger partial charge in [-0.1, -0.05) is 24.3 Å². The van der Waals surface area contributed by atoms with Gasteiger partial charge in [0.1, 0.15) is 5.60 Å². The zero-order valence-corrected chi connectivity index (χ0v) is 15.7. The number of carbonyl (C=O) groups excluding carboxylic acids is 2. The van der Waals surface area contributed by atoms with Gasteiger partial charge in [-0.25, -0.2) is 4.79 Å². The van der Waals surface area contributed by atoms with Gasteiger partial charge in [-0.3, -0.25) is 4.79 Å². The largest absolute Gasteiger partial charge is 0.371 e. The third-order valence-corrected chi connectivity index (χ3v) is 5.94. The van der Waals surface area contributed by atoms with Gasteiger partial charge in [-0.2, -0.15) is 0 Å². The van der Waals surface area contributed by atoms with Crippen molar-refractivity contribution < 1.29 is 14.3 Å². The second-order valence-electron chi connectivity index (χ2n) is 7.93. The van der Waals surface area contributed by atoms with Crippen molar-refractivity contribution in [3.8, 4) is 0 Å². The van der Waals surface area contributed by atoms with Crippen LogP contribution in [0.4, 0.5) is 10.5 Å². The molecular formula is C22H23N3O3. The number of likely N-dealkylation sites (tertiary alicyclic amines) is 1. The van der Waals surface area contributed by atoms with Gasteiger partial charge in [0.2, 0.25) is 0 Å². The van der Waals surface area contributed by atoms with Crippen molar-refractivity contribution in [1.29, 1.82) is 0 Å². The number of carbonyl (C=O) groups is 2. The monoisotopic (exact) mass is 377 g/mol. The first-order valence-corrected chi connectivity index (χ1v) is 9.78. The highest BCUT2D eigenvalue weighted by molar-refractivity contribution is 5.96. The van der Waals surface area contributed by atoms with Crippen LogP contribution in [0.5, 0.6) is 0 Å². The third-order valence-electron chi connectivity index (χ3n) is 5.94. The number of rotatable bonds is 2. The molecule has 0 aliphatic carbocycles. The standard InChI is InChI=1S/C22H23N3O3/c26-20(25-14-22(15-25)10-3-11-28-22)16-6-8-19(9-7-16)23-21(27)24-12-17-4-1-2-5-18(17)13-24/h1-2,4-9H,3,10-15H2,(H,23,27). The molecule has 3 aliphatic heterocycles. The Bertz CT molecular complexity index is 886. The Kier molecular flexibility index (Phi) is 4.09. The first-order chi connectivity index (χ1) is 13.6. The topological polar surface area (TPSA) is 61.9 Å². The quantitative estimate of drug-likeness (QED) is 0.874. The fourth-order valence-corrected chi connectivity index (χ4v) is 4.36. The lowest BCUT2D eigenvalue weighted by atomic mass is 9.90. The first kappa shape index (κ1) is 17.3. The molecule has 2 fully saturated rings. The highest BCUT2D eigenvalue weighted by Crippen LogP contribution is 2.35. The number of urea groups is 1. The van der Waals surface area contributed by atoms with Gasteiger partial charge in [0, 0.05) is 30.9 Å². The van der Waals surface area contributed by atoms with Crippen LogP contribution >= 0.6 is 0 Å². The molecule has 3 aliphatic rings. The zero-order chi connectivity index (χ0) is 19.1. The molecule has 1 N–H and O–H groups in total. The summed E-state index contributed by atoms with van der Waals surface area (Å²) >= 11 is 0. The summed E-state index contributed by atoms with van der Waals surface area (Å²) in [7, 11) is 0. The molecule has 1 spiro atoms. The van der Waals surface area contributed by atoms with E-state index in [0.717, 1.165) is 19.4 Å². The molecule has 0 atom stereocenters. The molecule has 144 valence electrons. The van der Waals surface area contributed by atoms with Crippen LogP contribution in [0.25, 0.3) is 0 Å². The highest BCUT2D eigenvalue weighted by atomic mass is 16.5. The minimum absolute atomic E-state index is 0.0222. The predicted octanol–water partition coefficient (Wildman–Crippen LogP) is 3.24. The predicted molar refractivity (Wildman–Crippen MR) is 105 cm³/mol. The summed E-state index contributed by atoms with van der Waals surface area (Å²) in [5.74, 6) is 0.0222. The number of fused-ring (bicyclic) bond motifs is 1. The Labute approximate surface area is 164 Å². The second kappa shape index (κ2) is 6.63. The van der Waals surface area contributed by atoms with Gasteiger partial charge in [-0.15, -0.1) is 0 Å². The van der Waals surface area contributed by atoms with E-state index in [1.54, 1.807) is 29.2 Å². The number of amides is 3. The van der Waals surface area contributed by atoms with Gasteiger partial charge in [0.05, 0.1) is 13.1 Å². The van der Waals surface area contributed by atoms with Crippen LogP contribution in [0.1, 0.15) is 34.3 Å². The average Bonchev–Trinajstić information content (AvgIpc) is 3.34. The summed E-state index contributed by atoms with van der Waals surface area (Å²) in [5, 5.41) is 2.92. The smallest absolute Gasteiger partial charge is 0.322 e. The van der Waals surface area contributed by atoms with Gasteiger partial charge in [-0.05, 0) is 48.2 Å². The molecule has 0 radical (unpaired) electrons. The molecule has 0 bridgehead atoms. The van der Waals surface area contributed by atoms with E-state index in [4.69, 9.17) is 4.74 Å². The summed E-state index contributed by atoms with van der Waals surface area (Å²) in [6.45, 7) is 3.41. The van der Waals surface area contributed by atoms with Gasteiger partial charge >= 0.3 is 6.03 Å². The van der Waals surface area contributed by atoms with E-state index in [0.29, 0.717) is 37.4 Å². The Balaban J connectivity index is 1.18. The summed E-state index contributed by atoms with van der Waals surface area (Å²) in [6.07, 6.45) is 2.13. The van der Waals surface area contributed by atoms with E-state index >= 15 is 0 Å². The minimum Gasteiger partial charge on any atom is -0.371 e. The highest BCUT2D eigenvalue weighted by Gasteiger charge is 2.48. The molecule has 3 amide bonds. The van der Waals surface area contributed by atoms with Crippen LogP contribution in [0.2, 0.25) is 0 Å². The number of nitrogens with one attached hydrogen (secondary N) is 1. The maximum atomic E-state index is 12.6. The van der Waals surface area contributed by atoms with Crippen molar-refractivity contribution in [3.05, 3.63) is 65.2 Å². The third kappa shape index (κ3) is 3.03. The number of hydrogen-bond acceptors (Lipinski definition) is 3. The molecule has 6 heteroatoms. The Morgan fingerprint density at radius 1 is 0.929 bits per heavy atom. The van der Waals surface area contributed by atoms with Gasteiger partial charge in [0.15, 0.2) is 0 Å². The van der Waals surface area contributed by atoms with Crippen LogP contribution in [0, 0.1) is 0 Å². The molecule has 0 unspecified atom stereocenters.